The average Bonchev–Trinajstić information content (AvgIpc) is 2.36. The molecule has 2 aliphatic heterocycles. The predicted molar refractivity (Wildman–Crippen MR) is 67.4 cm³/mol. The predicted octanol–water partition coefficient (Wildman–Crippen LogP) is -3.18. The van der Waals surface area contributed by atoms with Gasteiger partial charge in [-0.15, -0.1) is 10.2 Å². The van der Waals surface area contributed by atoms with Crippen LogP contribution in [-0.4, -0.2) is 23.6 Å². The van der Waals surface area contributed by atoms with E-state index in [0.717, 1.165) is 24.0 Å². The van der Waals surface area contributed by atoms with Crippen LogP contribution in [0.4, 0.5) is 5.82 Å². The Kier molecular flexibility index (Phi) is 4.59. The summed E-state index contributed by atoms with van der Waals surface area (Å²) in [7, 11) is -2.93. The number of aromatic nitrogens is 1. The molecule has 0 bridgehead atoms. The van der Waals surface area contributed by atoms with Gasteiger partial charge in [0.25, 0.3) is 5.84 Å². The fourth-order valence-corrected chi connectivity index (χ4v) is 2.04. The zero-order chi connectivity index (χ0) is 16.5. The highest BCUT2D eigenvalue weighted by Crippen LogP contribution is 2.20. The highest BCUT2D eigenvalue weighted by molar-refractivity contribution is 6.09. The maximum absolute atomic E-state index is 8.49. The Hall–Kier alpha value is -1.84. The van der Waals surface area contributed by atoms with E-state index in [9.17, 15) is 0 Å². The minimum absolute atomic E-state index is 0.843. The molecule has 22 heavy (non-hydrogen) atoms. The van der Waals surface area contributed by atoms with Gasteiger partial charge in [-0.1, -0.05) is 0 Å². The van der Waals surface area contributed by atoms with Crippen molar-refractivity contribution in [1.29, 1.82) is 0 Å². The Morgan fingerprint density at radius 1 is 1.18 bits per heavy atom. The van der Waals surface area contributed by atoms with Crippen molar-refractivity contribution in [1.82, 2.24) is 4.90 Å². The lowest BCUT2D eigenvalue weighted by molar-refractivity contribution is -2.00. The minimum atomic E-state index is -4.94. The van der Waals surface area contributed by atoms with Crippen molar-refractivity contribution >= 4 is 17.5 Å². The van der Waals surface area contributed by atoms with Gasteiger partial charge in [0.05, 0.1) is 11.8 Å². The van der Waals surface area contributed by atoms with Crippen molar-refractivity contribution in [2.45, 2.75) is 20.4 Å². The lowest BCUT2D eigenvalue weighted by Gasteiger charge is -2.21. The van der Waals surface area contributed by atoms with Gasteiger partial charge in [0.1, 0.15) is 12.4 Å². The van der Waals surface area contributed by atoms with E-state index in [1.165, 1.54) is 11.1 Å². The highest BCUT2D eigenvalue weighted by atomic mass is 35.7. The molecule has 0 aromatic carbocycles. The number of nitrogens with zero attached hydrogens (tertiary/aromatic N) is 4. The lowest BCUT2D eigenvalue weighted by Crippen LogP contribution is -2.68. The Morgan fingerprint density at radius 2 is 1.82 bits per heavy atom. The fourth-order valence-electron chi connectivity index (χ4n) is 2.04. The van der Waals surface area contributed by atoms with E-state index in [0.29, 0.717) is 0 Å². The number of hydrogen-bond donors (Lipinski definition) is 0. The van der Waals surface area contributed by atoms with Gasteiger partial charge in [0, 0.05) is 19.3 Å². The number of amidine groups is 2. The number of fused-ring (bicyclic) bond motifs is 2. The molecule has 0 saturated carbocycles. The Labute approximate surface area is 129 Å². The molecule has 0 atom stereocenters. The van der Waals surface area contributed by atoms with Crippen molar-refractivity contribution in [3.8, 4) is 0 Å². The molecule has 118 valence electrons. The number of pyridine rings is 1. The average molecular weight is 327 g/mol. The zero-order valence-electron chi connectivity index (χ0n) is 12.3. The molecule has 0 spiro atoms. The molecule has 0 fully saturated rings. The van der Waals surface area contributed by atoms with Crippen molar-refractivity contribution in [2.24, 2.45) is 9.98 Å². The molecular weight excluding hydrogens is 312 g/mol. The lowest BCUT2D eigenvalue weighted by atomic mass is 10.1. The molecule has 0 aliphatic carbocycles. The highest BCUT2D eigenvalue weighted by Gasteiger charge is 2.28. The van der Waals surface area contributed by atoms with Gasteiger partial charge in [-0.05, 0) is 30.5 Å². The smallest absolute Gasteiger partial charge is 0.326 e. The number of aryl methyl sites for hydroxylation is 1. The van der Waals surface area contributed by atoms with E-state index in [1.54, 1.807) is 0 Å². The molecule has 0 radical (unpaired) electrons. The quantitative estimate of drug-likeness (QED) is 0.465. The first-order valence-electron chi connectivity index (χ1n) is 6.33. The number of halogens is 1. The molecule has 1 aromatic heterocycles. The maximum Gasteiger partial charge on any atom is 0.326 e. The van der Waals surface area contributed by atoms with Crippen LogP contribution in [0.25, 0.3) is 0 Å². The van der Waals surface area contributed by atoms with Gasteiger partial charge in [-0.3, -0.25) is 0 Å². The largest absolute Gasteiger partial charge is 0.339 e. The third-order valence-corrected chi connectivity index (χ3v) is 3.14. The third-order valence-electron chi connectivity index (χ3n) is 3.14. The first-order valence-corrected chi connectivity index (χ1v) is 7.56. The molecule has 0 amide bonds. The van der Waals surface area contributed by atoms with Crippen molar-refractivity contribution in [3.63, 3.8) is 0 Å². The summed E-state index contributed by atoms with van der Waals surface area (Å²) in [6.45, 7) is 4.92. The van der Waals surface area contributed by atoms with Gasteiger partial charge < -0.3 is 4.90 Å². The summed E-state index contributed by atoms with van der Waals surface area (Å²) in [5.74, 6) is 2.82. The molecule has 8 nitrogen and oxygen atoms in total. The normalized spacial score (nSPS) is 16.5. The van der Waals surface area contributed by atoms with Crippen molar-refractivity contribution in [3.05, 3.63) is 35.7 Å². The standard InChI is InChI=1S/C13H15N4.ClHO4/c1-9-4-5-17-8-11-7-16(3)10(2)14-13(11)15-12(17)6-9;2-1(3,4)5/h4-7H,8H2,1-3H3;(H,2,3,4,5)/q+1;/p-1. The van der Waals surface area contributed by atoms with Gasteiger partial charge in [-0.2, -0.15) is 4.99 Å². The number of hydrogen-bond acceptors (Lipinski definition) is 7. The van der Waals surface area contributed by atoms with Gasteiger partial charge >= 0.3 is 5.82 Å². The van der Waals surface area contributed by atoms with E-state index in [1.807, 2.05) is 18.9 Å². The fraction of sp³-hybridized carbons (Fsp3) is 0.308. The van der Waals surface area contributed by atoms with E-state index in [-0.39, 0.29) is 0 Å². The Morgan fingerprint density at radius 3 is 2.45 bits per heavy atom. The summed E-state index contributed by atoms with van der Waals surface area (Å²) < 4.78 is 36.1. The molecule has 3 rings (SSSR count). The van der Waals surface area contributed by atoms with Crippen LogP contribution in [0.1, 0.15) is 12.5 Å². The summed E-state index contributed by atoms with van der Waals surface area (Å²) in [6.07, 6.45) is 4.19. The second-order valence-corrected chi connectivity index (χ2v) is 5.68. The molecule has 1 aromatic rings. The molecule has 0 unspecified atom stereocenters. The van der Waals surface area contributed by atoms with E-state index in [2.05, 4.69) is 46.0 Å². The summed E-state index contributed by atoms with van der Waals surface area (Å²) in [5.41, 5.74) is 2.39. The van der Waals surface area contributed by atoms with Gasteiger partial charge in [-0.25, -0.2) is 23.2 Å². The van der Waals surface area contributed by atoms with Crippen molar-refractivity contribution in [2.75, 3.05) is 7.05 Å². The Balaban J connectivity index is 0.000000309. The topological polar surface area (TPSA) is 124 Å². The second-order valence-electron chi connectivity index (χ2n) is 4.93. The molecule has 9 heteroatoms. The second kappa shape index (κ2) is 6.11. The van der Waals surface area contributed by atoms with E-state index >= 15 is 0 Å². The zero-order valence-corrected chi connectivity index (χ0v) is 13.1. The molecule has 0 N–H and O–H groups in total. The van der Waals surface area contributed by atoms with E-state index in [4.69, 9.17) is 18.6 Å². The van der Waals surface area contributed by atoms with Crippen molar-refractivity contribution < 1.29 is 33.4 Å². The first-order chi connectivity index (χ1) is 10.1. The minimum Gasteiger partial charge on any atom is -0.339 e. The first kappa shape index (κ1) is 16.5. The number of aliphatic imine (C=N–C) groups is 2. The molecule has 0 saturated heterocycles. The van der Waals surface area contributed by atoms with Crippen LogP contribution in [0.2, 0.25) is 0 Å². The van der Waals surface area contributed by atoms with Crippen LogP contribution >= 0.6 is 0 Å². The SMILES string of the molecule is CC1=NC2=Nc3cc(C)cc[n+]3CC2=CN1C.[O-][Cl+3]([O-])([O-])[O-]. The third kappa shape index (κ3) is 4.33. The Bertz CT molecular complexity index is 673. The summed E-state index contributed by atoms with van der Waals surface area (Å²) in [4.78, 5) is 11.2. The summed E-state index contributed by atoms with van der Waals surface area (Å²) >= 11 is 0. The maximum atomic E-state index is 8.49. The van der Waals surface area contributed by atoms with Crippen LogP contribution in [0.5, 0.6) is 0 Å². The molecule has 3 heterocycles. The van der Waals surface area contributed by atoms with E-state index < -0.39 is 10.2 Å². The summed E-state index contributed by atoms with van der Waals surface area (Å²) in [5, 5.41) is 0. The van der Waals surface area contributed by atoms with Crippen LogP contribution in [0.15, 0.2) is 40.1 Å². The van der Waals surface area contributed by atoms with Crippen LogP contribution < -0.4 is 23.2 Å². The monoisotopic (exact) mass is 326 g/mol. The van der Waals surface area contributed by atoms with Crippen LogP contribution in [0, 0.1) is 17.2 Å². The molecule has 2 aliphatic rings. The van der Waals surface area contributed by atoms with Crippen LogP contribution in [-0.2, 0) is 6.54 Å². The number of rotatable bonds is 0. The summed E-state index contributed by atoms with van der Waals surface area (Å²) in [6, 6.07) is 4.19. The van der Waals surface area contributed by atoms with Gasteiger partial charge in [0.15, 0.2) is 0 Å². The molecular formula is C13H15ClN4O4. The van der Waals surface area contributed by atoms with Gasteiger partial charge in [0.2, 0.25) is 0 Å². The van der Waals surface area contributed by atoms with Crippen LogP contribution in [0.3, 0.4) is 0 Å².